The van der Waals surface area contributed by atoms with Crippen molar-refractivity contribution in [1.82, 2.24) is 0 Å². The van der Waals surface area contributed by atoms with Gasteiger partial charge in [0.2, 0.25) is 0 Å². The number of rotatable bonds is 0. The molecule has 0 amide bonds. The Balaban J connectivity index is -0.0000000985. The van der Waals surface area contributed by atoms with Gasteiger partial charge in [-0.1, -0.05) is 26.2 Å². The van der Waals surface area contributed by atoms with Crippen molar-refractivity contribution in [1.29, 1.82) is 0 Å². The van der Waals surface area contributed by atoms with E-state index in [0.29, 0.717) is 0 Å². The van der Waals surface area contributed by atoms with Gasteiger partial charge >= 0.3 is 30.2 Å². The van der Waals surface area contributed by atoms with Crippen LogP contribution in [0.2, 0.25) is 0 Å². The Morgan fingerprint density at radius 1 is 1.05 bits per heavy atom. The quantitative estimate of drug-likeness (QED) is 0.346. The molecule has 0 spiro atoms. The van der Waals surface area contributed by atoms with Crippen molar-refractivity contribution in [3.05, 3.63) is 62.0 Å². The fraction of sp³-hybridized carbons (Fsp3) is 0.444. The molecule has 0 aromatic heterocycles. The fourth-order valence-corrected chi connectivity index (χ4v) is 1.75. The number of hydrogen-bond acceptors (Lipinski definition) is 0. The summed E-state index contributed by atoms with van der Waals surface area (Å²) >= 11 is 1.58. The van der Waals surface area contributed by atoms with Crippen molar-refractivity contribution >= 4 is 31.7 Å². The van der Waals surface area contributed by atoms with E-state index in [9.17, 15) is 0 Å². The molecule has 0 aromatic rings. The monoisotopic (exact) mass is 434 g/mol. The van der Waals surface area contributed by atoms with Gasteiger partial charge in [-0.25, -0.2) is 23.8 Å². The van der Waals surface area contributed by atoms with Gasteiger partial charge < -0.3 is 13.8 Å². The van der Waals surface area contributed by atoms with Crippen LogP contribution in [-0.2, 0) is 23.3 Å². The second kappa shape index (κ2) is 26.5. The second-order valence-electron chi connectivity index (χ2n) is 4.40. The molecule has 0 N–H and O–H groups in total. The first-order chi connectivity index (χ1) is 9.39. The van der Waals surface area contributed by atoms with Gasteiger partial charge in [0.05, 0.1) is 0 Å². The van der Waals surface area contributed by atoms with Crippen molar-refractivity contribution in [2.24, 2.45) is 0 Å². The molecule has 0 unspecified atom stereocenters. The molecule has 0 aromatic carbocycles. The Labute approximate surface area is 168 Å². The van der Waals surface area contributed by atoms with Crippen LogP contribution in [0.3, 0.4) is 0 Å². The molecular formula is C18H30Cl2SiZr-4. The summed E-state index contributed by atoms with van der Waals surface area (Å²) in [4.78, 5) is 0. The van der Waals surface area contributed by atoms with Crippen molar-refractivity contribution in [3.63, 3.8) is 0 Å². The van der Waals surface area contributed by atoms with Crippen LogP contribution in [0.1, 0.15) is 51.9 Å². The molecule has 0 saturated heterocycles. The van der Waals surface area contributed by atoms with E-state index < -0.39 is 0 Å². The van der Waals surface area contributed by atoms with Crippen molar-refractivity contribution in [3.8, 4) is 0 Å². The number of halogens is 2. The summed E-state index contributed by atoms with van der Waals surface area (Å²) in [6.07, 6.45) is 27.8. The van der Waals surface area contributed by atoms with Gasteiger partial charge in [-0.3, -0.25) is 12.2 Å². The van der Waals surface area contributed by atoms with Crippen LogP contribution in [0, 0.1) is 26.0 Å². The molecule has 3 aliphatic rings. The summed E-state index contributed by atoms with van der Waals surface area (Å²) in [5.41, 5.74) is 1.27. The Morgan fingerprint density at radius 3 is 1.82 bits per heavy atom. The third-order valence-corrected chi connectivity index (χ3v) is 2.77. The van der Waals surface area contributed by atoms with Gasteiger partial charge in [-0.05, 0) is 0 Å². The summed E-state index contributed by atoms with van der Waals surface area (Å²) in [5, 5.41) is 0. The zero-order valence-electron chi connectivity index (χ0n) is 13.9. The first-order valence-electron chi connectivity index (χ1n) is 7.02. The molecule has 3 rings (SSSR count). The van der Waals surface area contributed by atoms with Gasteiger partial charge in [0.1, 0.15) is 0 Å². The Hall–Kier alpha value is 0.640. The predicted octanol–water partition coefficient (Wildman–Crippen LogP) is 5.53. The minimum atomic E-state index is 0. The van der Waals surface area contributed by atoms with Crippen LogP contribution in [0.5, 0.6) is 0 Å². The average molecular weight is 437 g/mol. The summed E-state index contributed by atoms with van der Waals surface area (Å²) in [6.45, 7) is 4.01. The van der Waals surface area contributed by atoms with E-state index in [1.54, 1.807) is 23.3 Å². The van der Waals surface area contributed by atoms with E-state index in [1.165, 1.54) is 37.7 Å². The standard InChI is InChI=1S/C6H7.C6H11.C5H5.CH3.2ClH.H2Si.Zr/c1-6-4-2-3-5-6;1-2-4-6-5-3-1;1-2-4-5-3-1;;;;;/h2,4H,3H2,1H3;1H,2-6H2;1-3H,4H2;1H3;2*1H;1H2;/q4*-1;;;;. The normalized spacial score (nSPS) is 15.7. The molecule has 1 fully saturated rings. The van der Waals surface area contributed by atoms with Gasteiger partial charge in [0, 0.05) is 0 Å². The fourth-order valence-electron chi connectivity index (χ4n) is 1.75. The molecule has 3 aliphatic carbocycles. The predicted molar refractivity (Wildman–Crippen MR) is 105 cm³/mol. The van der Waals surface area contributed by atoms with Gasteiger partial charge in [-0.2, -0.15) is 25.0 Å². The average Bonchev–Trinajstić information content (AvgIpc) is 3.19. The molecule has 0 aliphatic heterocycles. The third-order valence-electron chi connectivity index (χ3n) is 2.77. The first-order valence-corrected chi connectivity index (χ1v) is 12.9. The van der Waals surface area contributed by atoms with E-state index in [0.717, 1.165) is 12.8 Å². The first kappa shape index (κ1) is 30.5. The van der Waals surface area contributed by atoms with Crippen molar-refractivity contribution in [2.75, 3.05) is 0 Å². The van der Waals surface area contributed by atoms with E-state index >= 15 is 0 Å². The van der Waals surface area contributed by atoms with E-state index in [1.807, 2.05) is 19.0 Å². The molecule has 22 heavy (non-hydrogen) atoms. The maximum atomic E-state index is 3.12. The minimum absolute atomic E-state index is 0. The van der Waals surface area contributed by atoms with Crippen LogP contribution in [0.25, 0.3) is 0 Å². The van der Waals surface area contributed by atoms with Gasteiger partial charge in [0.15, 0.2) is 0 Å². The topological polar surface area (TPSA) is 0 Å². The van der Waals surface area contributed by atoms with E-state index in [4.69, 9.17) is 0 Å². The summed E-state index contributed by atoms with van der Waals surface area (Å²) in [7, 11) is 0. The molecule has 4 heteroatoms. The van der Waals surface area contributed by atoms with Gasteiger partial charge in [0.25, 0.3) is 0 Å². The third kappa shape index (κ3) is 22.9. The second-order valence-corrected chi connectivity index (χ2v) is 4.40. The Kier molecular flexibility index (Phi) is 36.8. The zero-order valence-corrected chi connectivity index (χ0v) is 19.4. The van der Waals surface area contributed by atoms with E-state index in [2.05, 4.69) is 43.7 Å². The van der Waals surface area contributed by atoms with Crippen LogP contribution < -0.4 is 0 Å². The Bertz CT molecular complexity index is 295. The molecular weight excluding hydrogens is 406 g/mol. The summed E-state index contributed by atoms with van der Waals surface area (Å²) in [5.74, 6) is 0. The maximum absolute atomic E-state index is 3.12. The summed E-state index contributed by atoms with van der Waals surface area (Å²) in [6, 6.07) is 0. The number of allylic oxidation sites excluding steroid dienone is 8. The van der Waals surface area contributed by atoms with Gasteiger partial charge in [-0.15, -0.1) is 37.7 Å². The molecule has 0 heterocycles. The molecule has 0 nitrogen and oxygen atoms in total. The molecule has 0 atom stereocenters. The molecule has 0 radical (unpaired) electrons. The van der Waals surface area contributed by atoms with Crippen molar-refractivity contribution < 1.29 is 23.3 Å². The van der Waals surface area contributed by atoms with Crippen LogP contribution in [-0.4, -0.2) is 6.88 Å². The van der Waals surface area contributed by atoms with Crippen LogP contribution in [0.4, 0.5) is 0 Å². The van der Waals surface area contributed by atoms with Crippen LogP contribution >= 0.6 is 24.8 Å². The molecule has 128 valence electrons. The molecule has 0 bridgehead atoms. The van der Waals surface area contributed by atoms with Crippen LogP contribution in [0.15, 0.2) is 36.0 Å². The number of hydrogen-bond donors (Lipinski definition) is 0. The van der Waals surface area contributed by atoms with E-state index in [-0.39, 0.29) is 32.2 Å². The molecule has 1 saturated carbocycles. The van der Waals surface area contributed by atoms with Crippen molar-refractivity contribution in [2.45, 2.75) is 51.9 Å². The zero-order chi connectivity index (χ0) is 14.2. The SMILES string of the molecule is CC1=[C-]CC=C1.Cl.Cl.[C-]1=CC=CC1.[CH-]1CCCCC1.[CH3-].[SiH2]=[Zr]. The summed E-state index contributed by atoms with van der Waals surface area (Å²) < 4.78 is 0. The Morgan fingerprint density at radius 2 is 1.68 bits per heavy atom.